The number of nitrogens with zero attached hydrogens (tertiary/aromatic N) is 2. The molecule has 0 aliphatic carbocycles. The van der Waals surface area contributed by atoms with Crippen molar-refractivity contribution in [2.75, 3.05) is 25.1 Å². The van der Waals surface area contributed by atoms with E-state index in [1.165, 1.54) is 18.3 Å². The van der Waals surface area contributed by atoms with Gasteiger partial charge in [0, 0.05) is 42.9 Å². The summed E-state index contributed by atoms with van der Waals surface area (Å²) in [5.41, 5.74) is 3.75. The van der Waals surface area contributed by atoms with Crippen molar-refractivity contribution in [1.29, 1.82) is 0 Å². The largest absolute Gasteiger partial charge is 0.484 e. The van der Waals surface area contributed by atoms with Crippen LogP contribution >= 0.6 is 11.6 Å². The van der Waals surface area contributed by atoms with Gasteiger partial charge in [-0.15, -0.1) is 0 Å². The van der Waals surface area contributed by atoms with Crippen molar-refractivity contribution in [1.82, 2.24) is 15.2 Å². The molecule has 2 aliphatic rings. The standard InChI is InChI=1S/C31H31ClN4O6/c1-31(2)18-41-12-11-36(31)29(38)21-6-4-20(5-7-21)22-13-23-14-24(42-28(23)25(32)15-22)8-10-27(37)34-17-19-3-9-26(33-16-19)35-30(39)40/h3-10,13,15-16,24H,11-12,14,17-18H2,1-2H3,(H,33,35)(H,34,37)(H,39,40). The van der Waals surface area contributed by atoms with E-state index in [2.05, 4.69) is 15.6 Å². The van der Waals surface area contributed by atoms with Gasteiger partial charge in [-0.1, -0.05) is 29.8 Å². The van der Waals surface area contributed by atoms with E-state index in [9.17, 15) is 14.4 Å². The number of ether oxygens (including phenoxy) is 2. The van der Waals surface area contributed by atoms with Gasteiger partial charge in [-0.05, 0) is 66.9 Å². The zero-order chi connectivity index (χ0) is 29.9. The molecular formula is C31H31ClN4O6. The number of carbonyl (C=O) groups excluding carboxylic acids is 2. The highest BCUT2D eigenvalue weighted by atomic mass is 35.5. The quantitative estimate of drug-likeness (QED) is 0.333. The third-order valence-electron chi connectivity index (χ3n) is 7.16. The summed E-state index contributed by atoms with van der Waals surface area (Å²) in [6.07, 6.45) is 3.61. The highest BCUT2D eigenvalue weighted by Gasteiger charge is 2.34. The van der Waals surface area contributed by atoms with E-state index >= 15 is 0 Å². The summed E-state index contributed by atoms with van der Waals surface area (Å²) in [6, 6.07) is 14.6. The van der Waals surface area contributed by atoms with Crippen LogP contribution in [0.25, 0.3) is 11.1 Å². The smallest absolute Gasteiger partial charge is 0.410 e. The number of pyridine rings is 1. The molecule has 218 valence electrons. The molecule has 0 radical (unpaired) electrons. The van der Waals surface area contributed by atoms with Crippen LogP contribution in [-0.2, 0) is 22.5 Å². The number of rotatable bonds is 7. The average molecular weight is 591 g/mol. The number of hydrogen-bond acceptors (Lipinski definition) is 6. The highest BCUT2D eigenvalue weighted by molar-refractivity contribution is 6.32. The molecule has 2 aliphatic heterocycles. The monoisotopic (exact) mass is 590 g/mol. The molecular weight excluding hydrogens is 560 g/mol. The molecule has 3 amide bonds. The van der Waals surface area contributed by atoms with Crippen LogP contribution in [0.1, 0.15) is 35.3 Å². The minimum Gasteiger partial charge on any atom is -0.484 e. The minimum absolute atomic E-state index is 0.0171. The molecule has 3 heterocycles. The van der Waals surface area contributed by atoms with E-state index in [4.69, 9.17) is 26.2 Å². The van der Waals surface area contributed by atoms with Crippen LogP contribution in [0.5, 0.6) is 5.75 Å². The van der Waals surface area contributed by atoms with Gasteiger partial charge >= 0.3 is 6.09 Å². The van der Waals surface area contributed by atoms with Gasteiger partial charge in [-0.2, -0.15) is 0 Å². The maximum Gasteiger partial charge on any atom is 0.410 e. The van der Waals surface area contributed by atoms with Crippen LogP contribution in [0.3, 0.4) is 0 Å². The number of morpholine rings is 1. The first-order chi connectivity index (χ1) is 20.1. The number of anilines is 1. The number of fused-ring (bicyclic) bond motifs is 1. The maximum atomic E-state index is 13.1. The Kier molecular flexibility index (Phi) is 8.46. The first-order valence-corrected chi connectivity index (χ1v) is 13.9. The second-order valence-corrected chi connectivity index (χ2v) is 11.2. The summed E-state index contributed by atoms with van der Waals surface area (Å²) < 4.78 is 11.5. The molecule has 1 unspecified atom stereocenters. The van der Waals surface area contributed by atoms with Crippen LogP contribution in [0.4, 0.5) is 10.6 Å². The van der Waals surface area contributed by atoms with Crippen LogP contribution in [0, 0.1) is 0 Å². The molecule has 1 fully saturated rings. The fourth-order valence-corrected chi connectivity index (χ4v) is 5.25. The molecule has 0 bridgehead atoms. The summed E-state index contributed by atoms with van der Waals surface area (Å²) in [5, 5.41) is 14.1. The van der Waals surface area contributed by atoms with Gasteiger partial charge in [0.25, 0.3) is 5.91 Å². The summed E-state index contributed by atoms with van der Waals surface area (Å²) in [6.45, 7) is 5.85. The van der Waals surface area contributed by atoms with Gasteiger partial charge in [-0.25, -0.2) is 9.78 Å². The molecule has 0 spiro atoms. The van der Waals surface area contributed by atoms with E-state index in [0.717, 1.165) is 22.3 Å². The Labute approximate surface area is 248 Å². The molecule has 1 aromatic heterocycles. The van der Waals surface area contributed by atoms with Crippen molar-refractivity contribution in [2.45, 2.75) is 38.5 Å². The number of aromatic nitrogens is 1. The van der Waals surface area contributed by atoms with Crippen LogP contribution in [0.2, 0.25) is 5.02 Å². The molecule has 3 N–H and O–H groups in total. The normalized spacial score (nSPS) is 17.4. The lowest BCUT2D eigenvalue weighted by Gasteiger charge is -2.42. The lowest BCUT2D eigenvalue weighted by molar-refractivity contribution is -0.116. The van der Waals surface area contributed by atoms with Crippen molar-refractivity contribution in [3.05, 3.63) is 88.6 Å². The molecule has 1 atom stereocenters. The van der Waals surface area contributed by atoms with Crippen molar-refractivity contribution in [3.8, 4) is 16.9 Å². The second-order valence-electron chi connectivity index (χ2n) is 10.8. The number of nitrogens with one attached hydrogen (secondary N) is 2. The fraction of sp³-hybridized carbons (Fsp3) is 0.290. The molecule has 42 heavy (non-hydrogen) atoms. The van der Waals surface area contributed by atoms with Crippen LogP contribution in [0.15, 0.2) is 66.9 Å². The van der Waals surface area contributed by atoms with Crippen molar-refractivity contribution in [2.24, 2.45) is 0 Å². The van der Waals surface area contributed by atoms with Gasteiger partial charge in [0.15, 0.2) is 0 Å². The predicted molar refractivity (Wildman–Crippen MR) is 158 cm³/mol. The summed E-state index contributed by atoms with van der Waals surface area (Å²) >= 11 is 6.58. The molecule has 1 saturated heterocycles. The van der Waals surface area contributed by atoms with E-state index in [1.807, 2.05) is 55.1 Å². The third-order valence-corrected chi connectivity index (χ3v) is 7.44. The first-order valence-electron chi connectivity index (χ1n) is 13.5. The number of benzene rings is 2. The first kappa shape index (κ1) is 29.1. The molecule has 5 rings (SSSR count). The zero-order valence-electron chi connectivity index (χ0n) is 23.2. The van der Waals surface area contributed by atoms with Crippen molar-refractivity contribution >= 4 is 35.3 Å². The zero-order valence-corrected chi connectivity index (χ0v) is 24.0. The van der Waals surface area contributed by atoms with Crippen molar-refractivity contribution < 1.29 is 29.0 Å². The van der Waals surface area contributed by atoms with E-state index in [-0.39, 0.29) is 35.8 Å². The van der Waals surface area contributed by atoms with Crippen LogP contribution in [-0.4, -0.2) is 64.3 Å². The van der Waals surface area contributed by atoms with Gasteiger partial charge in [-0.3, -0.25) is 14.9 Å². The summed E-state index contributed by atoms with van der Waals surface area (Å²) in [5.74, 6) is 0.482. The van der Waals surface area contributed by atoms with Gasteiger partial charge in [0.05, 0.1) is 23.8 Å². The SMILES string of the molecule is CC1(C)COCCN1C(=O)c1ccc(-c2cc(Cl)c3c(c2)CC(C=CC(=O)NCc2ccc(NC(=O)O)nc2)O3)cc1. The minimum atomic E-state index is -1.20. The maximum absolute atomic E-state index is 13.1. The Morgan fingerprint density at radius 2 is 1.93 bits per heavy atom. The lowest BCUT2D eigenvalue weighted by Crippen LogP contribution is -2.55. The average Bonchev–Trinajstić information content (AvgIpc) is 3.39. The Morgan fingerprint density at radius 3 is 2.62 bits per heavy atom. The second kappa shape index (κ2) is 12.2. The number of amides is 3. The number of carboxylic acid groups (broad SMARTS) is 1. The highest BCUT2D eigenvalue weighted by Crippen LogP contribution is 2.40. The Bertz CT molecular complexity index is 1520. The number of hydrogen-bond donors (Lipinski definition) is 3. The van der Waals surface area contributed by atoms with Gasteiger partial charge < -0.3 is 24.8 Å². The van der Waals surface area contributed by atoms with Gasteiger partial charge in [0.2, 0.25) is 5.91 Å². The van der Waals surface area contributed by atoms with Gasteiger partial charge in [0.1, 0.15) is 17.7 Å². The molecule has 3 aromatic rings. The van der Waals surface area contributed by atoms with Crippen LogP contribution < -0.4 is 15.4 Å². The topological polar surface area (TPSA) is 130 Å². The number of halogens is 1. The summed E-state index contributed by atoms with van der Waals surface area (Å²) in [7, 11) is 0. The molecule has 11 heteroatoms. The van der Waals surface area contributed by atoms with E-state index in [1.54, 1.807) is 12.1 Å². The molecule has 2 aromatic carbocycles. The van der Waals surface area contributed by atoms with Crippen molar-refractivity contribution in [3.63, 3.8) is 0 Å². The molecule has 0 saturated carbocycles. The number of carbonyl (C=O) groups is 3. The predicted octanol–water partition coefficient (Wildman–Crippen LogP) is 4.92. The Balaban J connectivity index is 1.18. The molecule has 10 nitrogen and oxygen atoms in total. The van der Waals surface area contributed by atoms with E-state index < -0.39 is 6.09 Å². The van der Waals surface area contributed by atoms with E-state index in [0.29, 0.717) is 42.5 Å². The fourth-order valence-electron chi connectivity index (χ4n) is 4.97. The summed E-state index contributed by atoms with van der Waals surface area (Å²) in [4.78, 5) is 42.0. The Morgan fingerprint density at radius 1 is 1.14 bits per heavy atom. The third kappa shape index (κ3) is 6.72. The Hall–Kier alpha value is -4.41. The lowest BCUT2D eigenvalue weighted by atomic mass is 9.98.